The molecule has 2 saturated heterocycles. The molecule has 2 N–H and O–H groups in total. The molecule has 1 amide bonds. The first-order chi connectivity index (χ1) is 13.5. The Morgan fingerprint density at radius 2 is 1.89 bits per heavy atom. The zero-order chi connectivity index (χ0) is 19.6. The van der Waals surface area contributed by atoms with Crippen molar-refractivity contribution in [2.24, 2.45) is 0 Å². The maximum Gasteiger partial charge on any atom is 0.279 e. The van der Waals surface area contributed by atoms with E-state index in [-0.39, 0.29) is 10.8 Å². The van der Waals surface area contributed by atoms with Crippen LogP contribution in [0, 0.1) is 0 Å². The van der Waals surface area contributed by atoms with Crippen LogP contribution in [-0.4, -0.2) is 44.8 Å². The minimum atomic E-state index is -3.42. The fourth-order valence-electron chi connectivity index (χ4n) is 4.16. The molecule has 2 atom stereocenters. The Kier molecular flexibility index (Phi) is 5.82. The molecule has 1 aromatic carbocycles. The molecule has 28 heavy (non-hydrogen) atoms. The van der Waals surface area contributed by atoms with E-state index in [0.29, 0.717) is 31.4 Å². The summed E-state index contributed by atoms with van der Waals surface area (Å²) < 4.78 is 26.7. The summed E-state index contributed by atoms with van der Waals surface area (Å²) in [6.45, 7) is 2.61. The average Bonchev–Trinajstić information content (AvgIpc) is 3.44. The van der Waals surface area contributed by atoms with Crippen molar-refractivity contribution in [3.63, 3.8) is 0 Å². The first kappa shape index (κ1) is 19.6. The molecule has 150 valence electrons. The largest absolute Gasteiger partial charge is 0.321 e. The Balaban J connectivity index is 1.37. The van der Waals surface area contributed by atoms with Crippen molar-refractivity contribution in [1.82, 2.24) is 4.31 Å². The standard InChI is InChI=1S/C20H25N3O3S2/c24-20(15-22-11-3-5-18(22)19-6-4-14-27-19)21-16-7-9-17(10-8-16)28(25,26)23-12-1-2-13-23/h4,6-10,14,18H,1-3,5,11-13,15H2,(H,21,24)/p+1/t18-/m0/s1. The van der Waals surface area contributed by atoms with Gasteiger partial charge in [-0.2, -0.15) is 4.31 Å². The quantitative estimate of drug-likeness (QED) is 0.750. The molecule has 8 heteroatoms. The number of nitrogens with zero attached hydrogens (tertiary/aromatic N) is 1. The lowest BCUT2D eigenvalue weighted by atomic mass is 10.2. The fourth-order valence-corrected chi connectivity index (χ4v) is 6.59. The number of amides is 1. The fraction of sp³-hybridized carbons (Fsp3) is 0.450. The molecule has 2 fully saturated rings. The van der Waals surface area contributed by atoms with Crippen LogP contribution in [0.4, 0.5) is 5.69 Å². The molecule has 0 spiro atoms. The Morgan fingerprint density at radius 1 is 1.14 bits per heavy atom. The maximum atomic E-state index is 12.6. The first-order valence-electron chi connectivity index (χ1n) is 9.82. The Hall–Kier alpha value is -1.74. The van der Waals surface area contributed by atoms with Gasteiger partial charge in [-0.25, -0.2) is 8.42 Å². The van der Waals surface area contributed by atoms with Gasteiger partial charge in [0, 0.05) is 31.6 Å². The van der Waals surface area contributed by atoms with Gasteiger partial charge >= 0.3 is 0 Å². The summed E-state index contributed by atoms with van der Waals surface area (Å²) in [6, 6.07) is 11.1. The zero-order valence-electron chi connectivity index (χ0n) is 15.8. The lowest BCUT2D eigenvalue weighted by Crippen LogP contribution is -3.11. The summed E-state index contributed by atoms with van der Waals surface area (Å²) in [6.07, 6.45) is 4.08. The van der Waals surface area contributed by atoms with Crippen LogP contribution in [-0.2, 0) is 14.8 Å². The number of benzene rings is 1. The molecule has 1 aromatic heterocycles. The second-order valence-corrected chi connectivity index (χ2v) is 10.4. The van der Waals surface area contributed by atoms with Crippen LogP contribution < -0.4 is 10.2 Å². The summed E-state index contributed by atoms with van der Waals surface area (Å²) in [5, 5.41) is 5.00. The van der Waals surface area contributed by atoms with E-state index in [1.54, 1.807) is 35.6 Å². The Labute approximate surface area is 170 Å². The van der Waals surface area contributed by atoms with Crippen molar-refractivity contribution in [3.8, 4) is 0 Å². The number of carbonyl (C=O) groups excluding carboxylic acids is 1. The van der Waals surface area contributed by atoms with Gasteiger partial charge in [-0.05, 0) is 48.6 Å². The lowest BCUT2D eigenvalue weighted by molar-refractivity contribution is -0.910. The van der Waals surface area contributed by atoms with Gasteiger partial charge in [0.25, 0.3) is 5.91 Å². The lowest BCUT2D eigenvalue weighted by Gasteiger charge is -2.20. The van der Waals surface area contributed by atoms with E-state index >= 15 is 0 Å². The monoisotopic (exact) mass is 420 g/mol. The highest BCUT2D eigenvalue weighted by atomic mass is 32.2. The van der Waals surface area contributed by atoms with Gasteiger partial charge in [0.1, 0.15) is 6.04 Å². The van der Waals surface area contributed by atoms with E-state index in [1.165, 1.54) is 14.1 Å². The predicted octanol–water partition coefficient (Wildman–Crippen LogP) is 1.89. The molecule has 1 unspecified atom stereocenters. The third-order valence-corrected chi connectivity index (χ3v) is 8.50. The van der Waals surface area contributed by atoms with Crippen LogP contribution in [0.1, 0.15) is 36.6 Å². The number of rotatable bonds is 6. The van der Waals surface area contributed by atoms with Gasteiger partial charge in [0.2, 0.25) is 10.0 Å². The highest BCUT2D eigenvalue weighted by Gasteiger charge is 2.32. The Morgan fingerprint density at radius 3 is 2.57 bits per heavy atom. The van der Waals surface area contributed by atoms with Crippen LogP contribution in [0.2, 0.25) is 0 Å². The van der Waals surface area contributed by atoms with E-state index < -0.39 is 10.0 Å². The molecule has 0 radical (unpaired) electrons. The van der Waals surface area contributed by atoms with E-state index in [2.05, 4.69) is 22.8 Å². The molecule has 3 heterocycles. The number of quaternary nitrogens is 1. The van der Waals surface area contributed by atoms with Gasteiger partial charge in [0.05, 0.1) is 16.3 Å². The van der Waals surface area contributed by atoms with Crippen molar-refractivity contribution in [1.29, 1.82) is 0 Å². The van der Waals surface area contributed by atoms with Crippen molar-refractivity contribution in [3.05, 3.63) is 46.7 Å². The van der Waals surface area contributed by atoms with E-state index in [4.69, 9.17) is 0 Å². The second-order valence-electron chi connectivity index (χ2n) is 7.48. The Bertz CT molecular complexity index is 905. The molecule has 0 aliphatic carbocycles. The summed E-state index contributed by atoms with van der Waals surface area (Å²) >= 11 is 1.76. The van der Waals surface area contributed by atoms with Crippen LogP contribution in [0.25, 0.3) is 0 Å². The van der Waals surface area contributed by atoms with Crippen LogP contribution in [0.3, 0.4) is 0 Å². The summed E-state index contributed by atoms with van der Waals surface area (Å²) in [5.74, 6) is -0.0337. The number of sulfonamides is 1. The summed E-state index contributed by atoms with van der Waals surface area (Å²) in [7, 11) is -3.42. The minimum absolute atomic E-state index is 0.0337. The van der Waals surface area contributed by atoms with Crippen molar-refractivity contribution in [2.75, 3.05) is 31.5 Å². The maximum absolute atomic E-state index is 12.6. The highest BCUT2D eigenvalue weighted by molar-refractivity contribution is 7.89. The topological polar surface area (TPSA) is 70.9 Å². The summed E-state index contributed by atoms with van der Waals surface area (Å²) in [4.78, 5) is 15.5. The molecule has 2 aliphatic heterocycles. The molecule has 6 nitrogen and oxygen atoms in total. The molecule has 4 rings (SSSR count). The molecular weight excluding hydrogens is 394 g/mol. The van der Waals surface area contributed by atoms with Gasteiger partial charge in [-0.3, -0.25) is 4.79 Å². The number of thiophene rings is 1. The number of nitrogens with one attached hydrogen (secondary N) is 2. The average molecular weight is 421 g/mol. The third kappa shape index (κ3) is 4.15. The number of carbonyl (C=O) groups is 1. The van der Waals surface area contributed by atoms with Crippen molar-refractivity contribution >= 4 is 33.0 Å². The van der Waals surface area contributed by atoms with Gasteiger partial charge in [-0.15, -0.1) is 11.3 Å². The molecule has 2 aliphatic rings. The molecule has 0 saturated carbocycles. The van der Waals surface area contributed by atoms with Crippen LogP contribution in [0.15, 0.2) is 46.7 Å². The van der Waals surface area contributed by atoms with Crippen LogP contribution >= 0.6 is 11.3 Å². The SMILES string of the molecule is O=C(C[NH+]1CCC[C@H]1c1cccs1)Nc1ccc(S(=O)(=O)N2CCCC2)cc1. The van der Waals surface area contributed by atoms with Gasteiger partial charge in [-0.1, -0.05) is 6.07 Å². The first-order valence-corrected chi connectivity index (χ1v) is 12.1. The molecule has 2 aromatic rings. The normalized spacial score (nSPS) is 23.1. The van der Waals surface area contributed by atoms with Gasteiger partial charge in [0.15, 0.2) is 6.54 Å². The molecular formula is C20H26N3O3S2+. The third-order valence-electron chi connectivity index (χ3n) is 5.60. The van der Waals surface area contributed by atoms with Crippen molar-refractivity contribution < 1.29 is 18.1 Å². The van der Waals surface area contributed by atoms with E-state index in [9.17, 15) is 13.2 Å². The van der Waals surface area contributed by atoms with E-state index in [0.717, 1.165) is 32.2 Å². The molecule has 0 bridgehead atoms. The number of hydrogen-bond donors (Lipinski definition) is 2. The van der Waals surface area contributed by atoms with Crippen molar-refractivity contribution in [2.45, 2.75) is 36.6 Å². The number of hydrogen-bond acceptors (Lipinski definition) is 4. The number of likely N-dealkylation sites (tertiary alicyclic amines) is 1. The van der Waals surface area contributed by atoms with E-state index in [1.807, 2.05) is 0 Å². The van der Waals surface area contributed by atoms with Gasteiger partial charge < -0.3 is 10.2 Å². The predicted molar refractivity (Wildman–Crippen MR) is 110 cm³/mol. The summed E-state index contributed by atoms with van der Waals surface area (Å²) in [5.41, 5.74) is 0.636. The highest BCUT2D eigenvalue weighted by Crippen LogP contribution is 2.24. The number of anilines is 1. The second kappa shape index (κ2) is 8.32. The zero-order valence-corrected chi connectivity index (χ0v) is 17.4. The minimum Gasteiger partial charge on any atom is -0.321 e. The smallest absolute Gasteiger partial charge is 0.279 e. The van der Waals surface area contributed by atoms with Crippen LogP contribution in [0.5, 0.6) is 0 Å².